The number of hydrogen-bond acceptors (Lipinski definition) is 3. The molecule has 1 aliphatic rings. The minimum atomic E-state index is -0.367. The Labute approximate surface area is 181 Å². The zero-order valence-corrected chi connectivity index (χ0v) is 19.3. The molecule has 1 heterocycles. The van der Waals surface area contributed by atoms with E-state index in [0.717, 1.165) is 18.6 Å². The average Bonchev–Trinajstić information content (AvgIpc) is 2.86. The van der Waals surface area contributed by atoms with Crippen LogP contribution in [0.3, 0.4) is 0 Å². The van der Waals surface area contributed by atoms with Crippen molar-refractivity contribution in [2.75, 3.05) is 24.7 Å². The largest absolute Gasteiger partial charge is 0.392 e. The fourth-order valence-corrected chi connectivity index (χ4v) is 6.08. The molecule has 2 nitrogen and oxygen atoms in total. The van der Waals surface area contributed by atoms with Gasteiger partial charge in [-0.1, -0.05) is 69.9 Å². The summed E-state index contributed by atoms with van der Waals surface area (Å²) in [5.74, 6) is 1.03. The van der Waals surface area contributed by atoms with E-state index in [1.165, 1.54) is 47.4 Å². The van der Waals surface area contributed by atoms with Crippen LogP contribution in [0.25, 0.3) is 0 Å². The maximum absolute atomic E-state index is 12.0. The van der Waals surface area contributed by atoms with E-state index in [1.807, 2.05) is 11.8 Å². The van der Waals surface area contributed by atoms with Gasteiger partial charge < -0.3 is 10.0 Å². The molecule has 0 aliphatic carbocycles. The van der Waals surface area contributed by atoms with Gasteiger partial charge in [-0.05, 0) is 42.2 Å². The molecule has 0 spiro atoms. The Morgan fingerprint density at radius 1 is 1.00 bits per heavy atom. The van der Waals surface area contributed by atoms with Crippen molar-refractivity contribution in [1.82, 2.24) is 0 Å². The molecule has 158 valence electrons. The van der Waals surface area contributed by atoms with Gasteiger partial charge in [0.05, 0.1) is 6.10 Å². The standard InChI is InChI=1S/C26H37NOS/c1-5-7-16-26(17-8-6-2)19-29-23-15-14-21(27(3)4)18-22(23)24(25(26)28)20-12-10-9-11-13-20/h9-15,18,24-25,28H,5-8,16-17,19H2,1-4H3/t24-,25-/m1/s1. The van der Waals surface area contributed by atoms with Gasteiger partial charge in [0.15, 0.2) is 0 Å². The number of benzene rings is 2. The molecule has 1 N–H and O–H groups in total. The quantitative estimate of drug-likeness (QED) is 0.521. The normalized spacial score (nSPS) is 20.7. The molecular weight excluding hydrogens is 374 g/mol. The molecule has 3 rings (SSSR count). The molecule has 0 bridgehead atoms. The van der Waals surface area contributed by atoms with E-state index >= 15 is 0 Å². The third kappa shape index (κ3) is 4.83. The zero-order valence-electron chi connectivity index (χ0n) is 18.5. The Morgan fingerprint density at radius 2 is 1.66 bits per heavy atom. The van der Waals surface area contributed by atoms with Crippen LogP contribution in [0.1, 0.15) is 69.4 Å². The van der Waals surface area contributed by atoms with Crippen LogP contribution in [0.2, 0.25) is 0 Å². The van der Waals surface area contributed by atoms with Gasteiger partial charge in [-0.15, -0.1) is 11.8 Å². The third-order valence-electron chi connectivity index (χ3n) is 6.52. The van der Waals surface area contributed by atoms with Crippen LogP contribution in [0, 0.1) is 5.41 Å². The van der Waals surface area contributed by atoms with Crippen molar-refractivity contribution >= 4 is 17.4 Å². The van der Waals surface area contributed by atoms with Crippen molar-refractivity contribution in [3.8, 4) is 0 Å². The lowest BCUT2D eigenvalue weighted by atomic mass is 9.68. The number of anilines is 1. The number of thioether (sulfide) groups is 1. The molecule has 0 unspecified atom stereocenters. The van der Waals surface area contributed by atoms with Crippen LogP contribution >= 0.6 is 11.8 Å². The first-order valence-corrected chi connectivity index (χ1v) is 12.2. The van der Waals surface area contributed by atoms with Gasteiger partial charge in [0.25, 0.3) is 0 Å². The Bertz CT molecular complexity index is 766. The molecule has 2 aromatic rings. The molecule has 0 fully saturated rings. The van der Waals surface area contributed by atoms with Gasteiger partial charge in [0.2, 0.25) is 0 Å². The molecule has 3 heteroatoms. The van der Waals surface area contributed by atoms with E-state index in [4.69, 9.17) is 0 Å². The monoisotopic (exact) mass is 411 g/mol. The topological polar surface area (TPSA) is 23.5 Å². The highest BCUT2D eigenvalue weighted by Gasteiger charge is 2.45. The summed E-state index contributed by atoms with van der Waals surface area (Å²) in [6.45, 7) is 4.52. The first-order valence-electron chi connectivity index (χ1n) is 11.2. The molecule has 1 aliphatic heterocycles. The minimum Gasteiger partial charge on any atom is -0.392 e. The summed E-state index contributed by atoms with van der Waals surface area (Å²) in [5.41, 5.74) is 3.69. The molecule has 0 saturated heterocycles. The summed E-state index contributed by atoms with van der Waals surface area (Å²) < 4.78 is 0. The number of unbranched alkanes of at least 4 members (excludes halogenated alkanes) is 2. The molecule has 0 aromatic heterocycles. The summed E-state index contributed by atoms with van der Waals surface area (Å²) in [6, 6.07) is 17.5. The molecule has 0 radical (unpaired) electrons. The SMILES string of the molecule is CCCCC1(CCCC)CSc2ccc(N(C)C)cc2[C@@H](c2ccccc2)[C@H]1O. The van der Waals surface area contributed by atoms with Gasteiger partial charge >= 0.3 is 0 Å². The number of fused-ring (bicyclic) bond motifs is 1. The summed E-state index contributed by atoms with van der Waals surface area (Å²) in [4.78, 5) is 3.49. The second-order valence-electron chi connectivity index (χ2n) is 8.81. The van der Waals surface area contributed by atoms with E-state index in [-0.39, 0.29) is 17.4 Å². The summed E-state index contributed by atoms with van der Waals surface area (Å²) in [7, 11) is 4.18. The highest BCUT2D eigenvalue weighted by molar-refractivity contribution is 7.99. The predicted molar refractivity (Wildman–Crippen MR) is 127 cm³/mol. The highest BCUT2D eigenvalue weighted by Crippen LogP contribution is 2.51. The summed E-state index contributed by atoms with van der Waals surface area (Å²) >= 11 is 1.96. The highest BCUT2D eigenvalue weighted by atomic mass is 32.2. The molecular formula is C26H37NOS. The van der Waals surface area contributed by atoms with Crippen LogP contribution < -0.4 is 4.90 Å². The van der Waals surface area contributed by atoms with Crippen LogP contribution in [-0.2, 0) is 0 Å². The van der Waals surface area contributed by atoms with E-state index in [9.17, 15) is 5.11 Å². The first kappa shape index (κ1) is 22.2. The molecule has 0 amide bonds. The second kappa shape index (κ2) is 10.0. The minimum absolute atomic E-state index is 0.0230. The van der Waals surface area contributed by atoms with Crippen molar-refractivity contribution in [3.05, 3.63) is 59.7 Å². The number of aliphatic hydroxyl groups excluding tert-OH is 1. The van der Waals surface area contributed by atoms with Gasteiger partial charge in [-0.2, -0.15) is 0 Å². The number of hydrogen-bond donors (Lipinski definition) is 1. The third-order valence-corrected chi connectivity index (χ3v) is 7.92. The molecule has 29 heavy (non-hydrogen) atoms. The van der Waals surface area contributed by atoms with Crippen LogP contribution in [0.4, 0.5) is 5.69 Å². The zero-order chi connectivity index (χ0) is 20.9. The van der Waals surface area contributed by atoms with Crippen molar-refractivity contribution < 1.29 is 5.11 Å². The average molecular weight is 412 g/mol. The van der Waals surface area contributed by atoms with Gasteiger partial charge in [0, 0.05) is 41.8 Å². The fraction of sp³-hybridized carbons (Fsp3) is 0.538. The lowest BCUT2D eigenvalue weighted by molar-refractivity contribution is 0.0135. The van der Waals surface area contributed by atoms with Crippen molar-refractivity contribution in [3.63, 3.8) is 0 Å². The van der Waals surface area contributed by atoms with E-state index < -0.39 is 0 Å². The van der Waals surface area contributed by atoms with Crippen molar-refractivity contribution in [2.24, 2.45) is 5.41 Å². The Kier molecular flexibility index (Phi) is 7.70. The summed E-state index contributed by atoms with van der Waals surface area (Å²) in [5, 5.41) is 12.0. The molecule has 2 aromatic carbocycles. The lowest BCUT2D eigenvalue weighted by Gasteiger charge is -2.40. The second-order valence-corrected chi connectivity index (χ2v) is 9.83. The Hall–Kier alpha value is -1.45. The maximum atomic E-state index is 12.0. The van der Waals surface area contributed by atoms with Gasteiger partial charge in [-0.3, -0.25) is 0 Å². The lowest BCUT2D eigenvalue weighted by Crippen LogP contribution is -2.41. The van der Waals surface area contributed by atoms with Crippen molar-refractivity contribution in [1.29, 1.82) is 0 Å². The summed E-state index contributed by atoms with van der Waals surface area (Å²) in [6.07, 6.45) is 6.57. The van der Waals surface area contributed by atoms with E-state index in [0.29, 0.717) is 0 Å². The smallest absolute Gasteiger partial charge is 0.0713 e. The van der Waals surface area contributed by atoms with Gasteiger partial charge in [0.1, 0.15) is 0 Å². The van der Waals surface area contributed by atoms with Crippen LogP contribution in [0.5, 0.6) is 0 Å². The van der Waals surface area contributed by atoms with Crippen molar-refractivity contribution in [2.45, 2.75) is 69.3 Å². The van der Waals surface area contributed by atoms with E-state index in [1.54, 1.807) is 0 Å². The number of nitrogens with zero attached hydrogens (tertiary/aromatic N) is 1. The maximum Gasteiger partial charge on any atom is 0.0713 e. The predicted octanol–water partition coefficient (Wildman–Crippen LogP) is 6.72. The van der Waals surface area contributed by atoms with Crippen LogP contribution in [0.15, 0.2) is 53.4 Å². The fourth-order valence-electron chi connectivity index (χ4n) is 4.66. The Morgan fingerprint density at radius 3 is 2.24 bits per heavy atom. The van der Waals surface area contributed by atoms with Gasteiger partial charge in [-0.25, -0.2) is 0 Å². The molecule has 2 atom stereocenters. The van der Waals surface area contributed by atoms with E-state index in [2.05, 4.69) is 81.4 Å². The first-order chi connectivity index (χ1) is 14.0. The number of aliphatic hydroxyl groups is 1. The molecule has 0 saturated carbocycles. The Balaban J connectivity index is 2.13. The number of rotatable bonds is 8. The van der Waals surface area contributed by atoms with Crippen LogP contribution in [-0.4, -0.2) is 31.1 Å².